The van der Waals surface area contributed by atoms with Gasteiger partial charge in [0.1, 0.15) is 0 Å². The van der Waals surface area contributed by atoms with Crippen LogP contribution in [-0.4, -0.2) is 48.5 Å². The highest BCUT2D eigenvalue weighted by atomic mass is 16.6. The summed E-state index contributed by atoms with van der Waals surface area (Å²) < 4.78 is 1.17. The first-order valence-electron chi connectivity index (χ1n) is 7.47. The Morgan fingerprint density at radius 1 is 0.947 bits per heavy atom. The molecule has 4 saturated carbocycles. The lowest BCUT2D eigenvalue weighted by Crippen LogP contribution is -2.51. The van der Waals surface area contributed by atoms with Crippen molar-refractivity contribution in [2.45, 2.75) is 32.1 Å². The second-order valence-corrected chi connectivity index (χ2v) is 7.85. The van der Waals surface area contributed by atoms with E-state index in [0.29, 0.717) is 0 Å². The molecule has 0 radical (unpaired) electrons. The molecule has 110 valence electrons. The van der Waals surface area contributed by atoms with Gasteiger partial charge in [-0.15, -0.1) is 0 Å². The molecule has 0 aromatic carbocycles. The van der Waals surface area contributed by atoms with Gasteiger partial charge in [-0.1, -0.05) is 0 Å². The van der Waals surface area contributed by atoms with Crippen LogP contribution in [-0.2, 0) is 0 Å². The quantitative estimate of drug-likeness (QED) is 0.758. The van der Waals surface area contributed by atoms with Crippen molar-refractivity contribution in [1.82, 2.24) is 0 Å². The molecule has 0 spiro atoms. The molecule has 4 heteroatoms. The number of carboxylic acid groups (broad SMARTS) is 2. The van der Waals surface area contributed by atoms with Gasteiger partial charge in [0.15, 0.2) is 0 Å². The lowest BCUT2D eigenvalue weighted by molar-refractivity contribution is -0.875. The molecule has 2 N–H and O–H groups in total. The standard InChI is InChI=1S/C14H26N.CH2O3/c1-15(2,3)9-14-12-5-10-4-11(7-12)8-13(14)6-10;2-1(3)4/h10-14H,4-9H2,1-3H3;(H2,2,3,4)/q+1;. The number of carbonyl (C=O) groups is 1. The highest BCUT2D eigenvalue weighted by molar-refractivity contribution is 5.53. The summed E-state index contributed by atoms with van der Waals surface area (Å²) in [5.74, 6) is 5.56. The minimum Gasteiger partial charge on any atom is -0.450 e. The zero-order chi connectivity index (χ0) is 14.2. The summed E-state index contributed by atoms with van der Waals surface area (Å²) in [6.45, 7) is 1.43. The third-order valence-electron chi connectivity index (χ3n) is 5.18. The first-order valence-corrected chi connectivity index (χ1v) is 7.47. The second-order valence-electron chi connectivity index (χ2n) is 7.85. The topological polar surface area (TPSA) is 57.5 Å². The van der Waals surface area contributed by atoms with E-state index in [1.807, 2.05) is 0 Å². The van der Waals surface area contributed by atoms with E-state index in [1.54, 1.807) is 32.1 Å². The van der Waals surface area contributed by atoms with E-state index in [-0.39, 0.29) is 0 Å². The first-order chi connectivity index (χ1) is 8.74. The van der Waals surface area contributed by atoms with Gasteiger partial charge in [0.25, 0.3) is 0 Å². The number of hydrogen-bond donors (Lipinski definition) is 2. The highest BCUT2D eigenvalue weighted by Crippen LogP contribution is 2.56. The third-order valence-corrected chi connectivity index (χ3v) is 5.18. The molecule has 0 heterocycles. The van der Waals surface area contributed by atoms with E-state index in [9.17, 15) is 0 Å². The van der Waals surface area contributed by atoms with Crippen LogP contribution >= 0.6 is 0 Å². The van der Waals surface area contributed by atoms with E-state index in [1.165, 1.54) is 11.0 Å². The molecule has 4 rings (SSSR count). The van der Waals surface area contributed by atoms with Crippen molar-refractivity contribution in [1.29, 1.82) is 0 Å². The van der Waals surface area contributed by atoms with Crippen LogP contribution in [0.4, 0.5) is 4.79 Å². The van der Waals surface area contributed by atoms with Gasteiger partial charge in [0.05, 0.1) is 27.7 Å². The van der Waals surface area contributed by atoms with Crippen molar-refractivity contribution in [2.75, 3.05) is 27.7 Å². The van der Waals surface area contributed by atoms with Crippen molar-refractivity contribution in [3.63, 3.8) is 0 Å². The second kappa shape index (κ2) is 5.31. The van der Waals surface area contributed by atoms with Crippen LogP contribution in [0.2, 0.25) is 0 Å². The van der Waals surface area contributed by atoms with Crippen LogP contribution in [0.15, 0.2) is 0 Å². The Balaban J connectivity index is 0.000000297. The molecule has 4 aliphatic carbocycles. The first kappa shape index (κ1) is 14.6. The maximum absolute atomic E-state index is 8.56. The van der Waals surface area contributed by atoms with E-state index in [4.69, 9.17) is 15.0 Å². The number of hydrogen-bond acceptors (Lipinski definition) is 1. The molecule has 4 bridgehead atoms. The lowest BCUT2D eigenvalue weighted by atomic mass is 9.52. The Hall–Kier alpha value is -0.770. The van der Waals surface area contributed by atoms with Crippen molar-refractivity contribution in [3.8, 4) is 0 Å². The number of nitrogens with zero attached hydrogens (tertiary/aromatic N) is 1. The molecule has 0 saturated heterocycles. The van der Waals surface area contributed by atoms with Crippen LogP contribution in [0.5, 0.6) is 0 Å². The predicted molar refractivity (Wildman–Crippen MR) is 74.1 cm³/mol. The molecular formula is C15H28NO3+. The molecular weight excluding hydrogens is 242 g/mol. The summed E-state index contributed by atoms with van der Waals surface area (Å²) in [4.78, 5) is 8.56. The van der Waals surface area contributed by atoms with Gasteiger partial charge in [0, 0.05) is 5.92 Å². The van der Waals surface area contributed by atoms with Crippen molar-refractivity contribution >= 4 is 6.16 Å². The fourth-order valence-corrected chi connectivity index (χ4v) is 4.97. The van der Waals surface area contributed by atoms with Crippen LogP contribution in [0.1, 0.15) is 32.1 Å². The Labute approximate surface area is 116 Å². The Morgan fingerprint density at radius 3 is 1.63 bits per heavy atom. The Morgan fingerprint density at radius 2 is 1.32 bits per heavy atom. The fourth-order valence-electron chi connectivity index (χ4n) is 4.97. The van der Waals surface area contributed by atoms with Crippen molar-refractivity contribution < 1.29 is 19.5 Å². The smallest absolute Gasteiger partial charge is 0.450 e. The largest absolute Gasteiger partial charge is 0.503 e. The number of rotatable bonds is 2. The third kappa shape index (κ3) is 3.85. The summed E-state index contributed by atoms with van der Waals surface area (Å²) in [5, 5.41) is 13.9. The van der Waals surface area contributed by atoms with E-state index in [2.05, 4.69) is 21.1 Å². The van der Waals surface area contributed by atoms with Crippen molar-refractivity contribution in [2.24, 2.45) is 29.6 Å². The molecule has 4 fully saturated rings. The van der Waals surface area contributed by atoms with Gasteiger partial charge in [-0.05, 0) is 55.8 Å². The van der Waals surface area contributed by atoms with E-state index < -0.39 is 6.16 Å². The van der Waals surface area contributed by atoms with Crippen molar-refractivity contribution in [3.05, 3.63) is 0 Å². The molecule has 0 unspecified atom stereocenters. The molecule has 0 amide bonds. The summed E-state index contributed by atoms with van der Waals surface area (Å²) in [7, 11) is 7.10. The predicted octanol–water partition coefficient (Wildman–Crippen LogP) is 2.99. The minimum atomic E-state index is -1.83. The van der Waals surface area contributed by atoms with Gasteiger partial charge in [0.2, 0.25) is 0 Å². The highest BCUT2D eigenvalue weighted by Gasteiger charge is 2.49. The zero-order valence-electron chi connectivity index (χ0n) is 12.4. The van der Waals surface area contributed by atoms with Crippen LogP contribution in [0.3, 0.4) is 0 Å². The molecule has 4 aliphatic rings. The number of quaternary nitrogens is 1. The Kier molecular flexibility index (Phi) is 4.09. The molecule has 4 nitrogen and oxygen atoms in total. The van der Waals surface area contributed by atoms with E-state index in [0.717, 1.165) is 29.6 Å². The van der Waals surface area contributed by atoms with E-state index >= 15 is 0 Å². The fraction of sp³-hybridized carbons (Fsp3) is 0.933. The summed E-state index contributed by atoms with van der Waals surface area (Å²) >= 11 is 0. The summed E-state index contributed by atoms with van der Waals surface area (Å²) in [6, 6.07) is 0. The molecule has 0 aromatic rings. The van der Waals surface area contributed by atoms with Crippen LogP contribution in [0, 0.1) is 29.6 Å². The maximum atomic E-state index is 8.56. The molecule has 0 aromatic heterocycles. The summed E-state index contributed by atoms with van der Waals surface area (Å²) in [6.07, 6.45) is 6.08. The van der Waals surface area contributed by atoms with Gasteiger partial charge in [-0.3, -0.25) is 0 Å². The normalized spacial score (nSPS) is 39.6. The molecule has 19 heavy (non-hydrogen) atoms. The van der Waals surface area contributed by atoms with Gasteiger partial charge in [-0.2, -0.15) is 0 Å². The maximum Gasteiger partial charge on any atom is 0.503 e. The van der Waals surface area contributed by atoms with Crippen LogP contribution < -0.4 is 0 Å². The van der Waals surface area contributed by atoms with Crippen LogP contribution in [0.25, 0.3) is 0 Å². The van der Waals surface area contributed by atoms with Gasteiger partial charge in [-0.25, -0.2) is 4.79 Å². The molecule has 0 atom stereocenters. The summed E-state index contributed by atoms with van der Waals surface area (Å²) in [5.41, 5.74) is 0. The van der Waals surface area contributed by atoms with Gasteiger partial charge >= 0.3 is 6.16 Å². The SMILES string of the molecule is C[N+](C)(C)CC1C2CC3CC(C2)CC1C3.O=C(O)O. The Bertz CT molecular complexity index is 303. The molecule has 0 aliphatic heterocycles. The monoisotopic (exact) mass is 270 g/mol. The lowest BCUT2D eigenvalue weighted by Gasteiger charge is -2.55. The minimum absolute atomic E-state index is 1.07. The average Bonchev–Trinajstić information content (AvgIpc) is 2.20. The zero-order valence-corrected chi connectivity index (χ0v) is 12.4. The average molecular weight is 270 g/mol. The van der Waals surface area contributed by atoms with Gasteiger partial charge < -0.3 is 14.7 Å².